The molecule has 192 valence electrons. The molecule has 2 aliphatic carbocycles. The van der Waals surface area contributed by atoms with Gasteiger partial charge in [-0.3, -0.25) is 19.4 Å². The highest BCUT2D eigenvalue weighted by atomic mass is 19.1. The van der Waals surface area contributed by atoms with Crippen molar-refractivity contribution in [2.75, 3.05) is 13.1 Å². The summed E-state index contributed by atoms with van der Waals surface area (Å²) in [7, 11) is 0. The fourth-order valence-corrected chi connectivity index (χ4v) is 6.43. The molecular weight excluding hydrogens is 475 g/mol. The third kappa shape index (κ3) is 3.22. The molecule has 0 N–H and O–H groups in total. The van der Waals surface area contributed by atoms with Gasteiger partial charge in [-0.2, -0.15) is 5.10 Å². The summed E-state index contributed by atoms with van der Waals surface area (Å²) in [5, 5.41) is 4.59. The maximum atomic E-state index is 13.5. The first-order valence-corrected chi connectivity index (χ1v) is 12.8. The van der Waals surface area contributed by atoms with Crippen LogP contribution in [-0.4, -0.2) is 62.2 Å². The molecular formula is C28H29FN4O4. The number of nitrogens with zero attached hydrogens (tertiary/aromatic N) is 4. The lowest BCUT2D eigenvalue weighted by Crippen LogP contribution is -2.71. The lowest BCUT2D eigenvalue weighted by atomic mass is 9.60. The van der Waals surface area contributed by atoms with Crippen LogP contribution in [0.5, 0.6) is 0 Å². The topological polar surface area (TPSA) is 84.7 Å². The SMILES string of the molecule is CCN1C(=O)N(CC)C(=O)C2(CC=C3[C@H](CCC4=Cc5c(cnn5-c5ccc(F)cc5)C[C@@]43C)O2)C1=O. The standard InChI is InChI=1S/C28H29FN4O4/c1-4-31-24(34)28(25(35)32(5-2)26(31)36)13-12-21-23(37-28)11-6-18-14-22-17(15-27(18,21)3)16-30-33(22)20-9-7-19(29)8-10-20/h7-10,12,14,16,23H,4-6,11,13,15H2,1-3H3/t23-,27-/m0/s1. The van der Waals surface area contributed by atoms with Gasteiger partial charge in [0, 0.05) is 24.9 Å². The number of likely N-dealkylation sites (N-methyl/N-ethyl adjacent to an activating group) is 2. The maximum Gasteiger partial charge on any atom is 0.333 e. The molecule has 4 amide bonds. The van der Waals surface area contributed by atoms with Gasteiger partial charge in [-0.1, -0.05) is 18.6 Å². The number of benzene rings is 1. The number of halogens is 1. The van der Waals surface area contributed by atoms with Gasteiger partial charge in [-0.15, -0.1) is 0 Å². The highest BCUT2D eigenvalue weighted by Crippen LogP contribution is 2.54. The van der Waals surface area contributed by atoms with E-state index < -0.39 is 29.6 Å². The smallest absolute Gasteiger partial charge is 0.333 e. The normalized spacial score (nSPS) is 26.5. The predicted molar refractivity (Wildman–Crippen MR) is 133 cm³/mol. The number of aromatic nitrogens is 2. The van der Waals surface area contributed by atoms with Crippen LogP contribution in [0.15, 0.2) is 47.7 Å². The second kappa shape index (κ2) is 8.21. The minimum atomic E-state index is -1.70. The number of carbonyl (C=O) groups is 3. The van der Waals surface area contributed by atoms with Gasteiger partial charge in [0.25, 0.3) is 11.8 Å². The first-order valence-electron chi connectivity index (χ1n) is 12.8. The van der Waals surface area contributed by atoms with E-state index in [2.05, 4.69) is 18.1 Å². The van der Waals surface area contributed by atoms with Crippen LogP contribution in [0.4, 0.5) is 9.18 Å². The van der Waals surface area contributed by atoms with Crippen molar-refractivity contribution in [3.05, 3.63) is 64.8 Å². The third-order valence-corrected chi connectivity index (χ3v) is 8.41. The zero-order valence-electron chi connectivity index (χ0n) is 21.2. The molecule has 1 saturated carbocycles. The van der Waals surface area contributed by atoms with Gasteiger partial charge in [0.15, 0.2) is 0 Å². The van der Waals surface area contributed by atoms with E-state index in [1.165, 1.54) is 17.7 Å². The fourth-order valence-electron chi connectivity index (χ4n) is 6.43. The summed E-state index contributed by atoms with van der Waals surface area (Å²) in [6.07, 6.45) is 7.79. The second-order valence-corrected chi connectivity index (χ2v) is 10.3. The summed E-state index contributed by atoms with van der Waals surface area (Å²) in [4.78, 5) is 41.8. The van der Waals surface area contributed by atoms with Crippen molar-refractivity contribution in [1.82, 2.24) is 19.6 Å². The molecule has 2 atom stereocenters. The predicted octanol–water partition coefficient (Wildman–Crippen LogP) is 4.04. The van der Waals surface area contributed by atoms with Crippen molar-refractivity contribution in [3.8, 4) is 5.69 Å². The summed E-state index contributed by atoms with van der Waals surface area (Å²) in [6.45, 7) is 5.99. The van der Waals surface area contributed by atoms with E-state index in [9.17, 15) is 18.8 Å². The minimum absolute atomic E-state index is 0.0986. The quantitative estimate of drug-likeness (QED) is 0.465. The fraction of sp³-hybridized carbons (Fsp3) is 0.429. The molecule has 4 aliphatic rings. The van der Waals surface area contributed by atoms with Crippen molar-refractivity contribution in [3.63, 3.8) is 0 Å². The Morgan fingerprint density at radius 1 is 1.08 bits per heavy atom. The number of barbiturate groups is 1. The molecule has 37 heavy (non-hydrogen) atoms. The van der Waals surface area contributed by atoms with E-state index in [1.54, 1.807) is 26.0 Å². The lowest BCUT2D eigenvalue weighted by molar-refractivity contribution is -0.185. The Bertz CT molecular complexity index is 1370. The Kier molecular flexibility index (Phi) is 5.28. The van der Waals surface area contributed by atoms with Crippen molar-refractivity contribution < 1.29 is 23.5 Å². The molecule has 1 spiro atoms. The number of hydrogen-bond donors (Lipinski definition) is 0. The number of carbonyl (C=O) groups excluding carboxylic acids is 3. The highest BCUT2D eigenvalue weighted by Gasteiger charge is 2.61. The Morgan fingerprint density at radius 3 is 2.41 bits per heavy atom. The Labute approximate surface area is 214 Å². The summed E-state index contributed by atoms with van der Waals surface area (Å²) < 4.78 is 21.8. The van der Waals surface area contributed by atoms with E-state index in [0.29, 0.717) is 12.8 Å². The molecule has 0 bridgehead atoms. The molecule has 6 rings (SSSR count). The number of amides is 4. The molecule has 2 aliphatic heterocycles. The average Bonchev–Trinajstić information content (AvgIpc) is 3.29. The molecule has 0 unspecified atom stereocenters. The highest BCUT2D eigenvalue weighted by molar-refractivity contribution is 6.21. The van der Waals surface area contributed by atoms with Crippen molar-refractivity contribution >= 4 is 23.9 Å². The third-order valence-electron chi connectivity index (χ3n) is 8.41. The Morgan fingerprint density at radius 2 is 1.76 bits per heavy atom. The van der Waals surface area contributed by atoms with Crippen LogP contribution in [0.2, 0.25) is 0 Å². The molecule has 3 heterocycles. The minimum Gasteiger partial charge on any atom is -0.348 e. The first-order chi connectivity index (χ1) is 17.7. The van der Waals surface area contributed by atoms with Crippen molar-refractivity contribution in [2.24, 2.45) is 5.41 Å². The molecule has 1 aromatic heterocycles. The van der Waals surface area contributed by atoms with Crippen LogP contribution < -0.4 is 0 Å². The Balaban J connectivity index is 1.36. The molecule has 9 heteroatoms. The van der Waals surface area contributed by atoms with Crippen molar-refractivity contribution in [2.45, 2.75) is 58.2 Å². The van der Waals surface area contributed by atoms with Crippen LogP contribution in [0.3, 0.4) is 0 Å². The van der Waals surface area contributed by atoms with Gasteiger partial charge in [0.1, 0.15) is 5.82 Å². The number of ether oxygens (including phenoxy) is 1. The van der Waals surface area contributed by atoms with Gasteiger partial charge < -0.3 is 4.74 Å². The largest absolute Gasteiger partial charge is 0.348 e. The van der Waals surface area contributed by atoms with Crippen LogP contribution in [0, 0.1) is 11.2 Å². The van der Waals surface area contributed by atoms with E-state index >= 15 is 0 Å². The second-order valence-electron chi connectivity index (χ2n) is 10.3. The molecule has 2 aromatic rings. The molecule has 1 aromatic carbocycles. The lowest BCUT2D eigenvalue weighted by Gasteiger charge is -2.52. The zero-order valence-corrected chi connectivity index (χ0v) is 21.2. The zero-order chi connectivity index (χ0) is 26.1. The van der Waals surface area contributed by atoms with Crippen LogP contribution >= 0.6 is 0 Å². The molecule has 8 nitrogen and oxygen atoms in total. The van der Waals surface area contributed by atoms with Gasteiger partial charge >= 0.3 is 6.03 Å². The van der Waals surface area contributed by atoms with E-state index in [-0.39, 0.29) is 30.7 Å². The van der Waals surface area contributed by atoms with Gasteiger partial charge in [-0.05, 0) is 74.6 Å². The summed E-state index contributed by atoms with van der Waals surface area (Å²) >= 11 is 0. The van der Waals surface area contributed by atoms with Gasteiger partial charge in [0.05, 0.1) is 23.7 Å². The molecule has 0 radical (unpaired) electrons. The number of urea groups is 1. The average molecular weight is 505 g/mol. The van der Waals surface area contributed by atoms with Gasteiger partial charge in [-0.25, -0.2) is 13.9 Å². The number of fused-ring (bicyclic) bond motifs is 4. The Hall–Kier alpha value is -3.59. The van der Waals surface area contributed by atoms with Crippen molar-refractivity contribution in [1.29, 1.82) is 0 Å². The van der Waals surface area contributed by atoms with Crippen LogP contribution in [-0.2, 0) is 20.7 Å². The number of imide groups is 2. The number of rotatable bonds is 3. The summed E-state index contributed by atoms with van der Waals surface area (Å²) in [6, 6.07) is 5.70. The monoisotopic (exact) mass is 504 g/mol. The van der Waals surface area contributed by atoms with Gasteiger partial charge in [0.2, 0.25) is 5.60 Å². The summed E-state index contributed by atoms with van der Waals surface area (Å²) in [5.74, 6) is -1.43. The van der Waals surface area contributed by atoms with Crippen LogP contribution in [0.25, 0.3) is 11.8 Å². The maximum absolute atomic E-state index is 13.5. The number of hydrogen-bond acceptors (Lipinski definition) is 5. The molecule has 2 fully saturated rings. The van der Waals surface area contributed by atoms with Crippen LogP contribution in [0.1, 0.15) is 51.3 Å². The first kappa shape index (κ1) is 23.8. The van der Waals surface area contributed by atoms with E-state index in [0.717, 1.165) is 38.7 Å². The van der Waals surface area contributed by atoms with E-state index in [4.69, 9.17) is 4.74 Å². The number of allylic oxidation sites excluding steroid dienone is 1. The molecule has 1 saturated heterocycles. The summed E-state index contributed by atoms with van der Waals surface area (Å²) in [5.41, 5.74) is 3.14. The van der Waals surface area contributed by atoms with E-state index in [1.807, 2.05) is 17.0 Å².